The van der Waals surface area contributed by atoms with Crippen molar-refractivity contribution in [1.29, 1.82) is 5.26 Å². The maximum Gasteiger partial charge on any atom is 0.161 e. The van der Waals surface area contributed by atoms with Gasteiger partial charge in [-0.05, 0) is 62.7 Å². The standard InChI is InChI=1S/C26H20N4/c1-16-8-10-21-20-6-4-5-7-23(20)30(24(21)12-16)25-14-19(15-27)9-11-22(25)26-28-17(2)13-18(3)29-26/h4-14H,1-3H3. The number of nitriles is 1. The van der Waals surface area contributed by atoms with Crippen LogP contribution in [0.2, 0.25) is 0 Å². The molecule has 0 aliphatic carbocycles. The van der Waals surface area contributed by atoms with Crippen LogP contribution in [0.4, 0.5) is 0 Å². The van der Waals surface area contributed by atoms with Crippen LogP contribution in [-0.4, -0.2) is 14.5 Å². The summed E-state index contributed by atoms with van der Waals surface area (Å²) in [6.07, 6.45) is 0. The predicted molar refractivity (Wildman–Crippen MR) is 121 cm³/mol. The number of hydrogen-bond acceptors (Lipinski definition) is 3. The maximum absolute atomic E-state index is 9.59. The highest BCUT2D eigenvalue weighted by Gasteiger charge is 2.17. The Balaban J connectivity index is 1.94. The second-order valence-electron chi connectivity index (χ2n) is 7.69. The molecule has 30 heavy (non-hydrogen) atoms. The van der Waals surface area contributed by atoms with E-state index in [0.29, 0.717) is 11.4 Å². The Hall–Kier alpha value is -3.97. The van der Waals surface area contributed by atoms with Gasteiger partial charge in [0.15, 0.2) is 5.82 Å². The van der Waals surface area contributed by atoms with E-state index < -0.39 is 0 Å². The SMILES string of the molecule is Cc1ccc2c3ccccc3n(-c3cc(C#N)ccc3-c3nc(C)cc(C)n3)c2c1. The number of nitrogens with zero attached hydrogens (tertiary/aromatic N) is 4. The molecule has 5 rings (SSSR count). The van der Waals surface area contributed by atoms with Gasteiger partial charge >= 0.3 is 0 Å². The van der Waals surface area contributed by atoms with E-state index in [1.165, 1.54) is 16.3 Å². The van der Waals surface area contributed by atoms with Gasteiger partial charge in [-0.15, -0.1) is 0 Å². The minimum Gasteiger partial charge on any atom is -0.308 e. The van der Waals surface area contributed by atoms with E-state index in [-0.39, 0.29) is 0 Å². The number of hydrogen-bond donors (Lipinski definition) is 0. The van der Waals surface area contributed by atoms with Gasteiger partial charge in [0.2, 0.25) is 0 Å². The number of benzene rings is 3. The topological polar surface area (TPSA) is 54.5 Å². The van der Waals surface area contributed by atoms with Gasteiger partial charge in [0.1, 0.15) is 0 Å². The first-order chi connectivity index (χ1) is 14.5. The van der Waals surface area contributed by atoms with Crippen LogP contribution in [-0.2, 0) is 0 Å². The molecule has 4 heteroatoms. The smallest absolute Gasteiger partial charge is 0.161 e. The van der Waals surface area contributed by atoms with Crippen LogP contribution in [0.25, 0.3) is 38.9 Å². The zero-order chi connectivity index (χ0) is 20.8. The first kappa shape index (κ1) is 18.1. The number of aryl methyl sites for hydroxylation is 3. The van der Waals surface area contributed by atoms with Gasteiger partial charge in [-0.1, -0.05) is 30.3 Å². The quantitative estimate of drug-likeness (QED) is 0.370. The number of para-hydroxylation sites is 1. The average Bonchev–Trinajstić information content (AvgIpc) is 3.05. The lowest BCUT2D eigenvalue weighted by molar-refractivity contribution is 1.05. The summed E-state index contributed by atoms with van der Waals surface area (Å²) < 4.78 is 2.23. The second-order valence-corrected chi connectivity index (χ2v) is 7.69. The summed E-state index contributed by atoms with van der Waals surface area (Å²) in [6, 6.07) is 24.9. The molecule has 0 N–H and O–H groups in total. The molecular weight excluding hydrogens is 368 g/mol. The average molecular weight is 388 g/mol. The Labute approximate surface area is 175 Å². The largest absolute Gasteiger partial charge is 0.308 e. The molecule has 0 aliphatic heterocycles. The van der Waals surface area contributed by atoms with Gasteiger partial charge < -0.3 is 4.57 Å². The second kappa shape index (κ2) is 6.82. The summed E-state index contributed by atoms with van der Waals surface area (Å²) in [6.45, 7) is 6.05. The van der Waals surface area contributed by atoms with E-state index >= 15 is 0 Å². The fourth-order valence-corrected chi connectivity index (χ4v) is 4.16. The molecule has 0 saturated heterocycles. The molecule has 144 valence electrons. The van der Waals surface area contributed by atoms with E-state index in [1.54, 1.807) is 0 Å². The first-order valence-electron chi connectivity index (χ1n) is 9.92. The van der Waals surface area contributed by atoms with Gasteiger partial charge in [0.05, 0.1) is 28.4 Å². The number of fused-ring (bicyclic) bond motifs is 3. The molecule has 2 heterocycles. The van der Waals surface area contributed by atoms with Crippen molar-refractivity contribution in [2.24, 2.45) is 0 Å². The van der Waals surface area contributed by atoms with Crippen LogP contribution < -0.4 is 0 Å². The van der Waals surface area contributed by atoms with Crippen molar-refractivity contribution in [3.63, 3.8) is 0 Å². The maximum atomic E-state index is 9.59. The van der Waals surface area contributed by atoms with E-state index in [1.807, 2.05) is 44.2 Å². The van der Waals surface area contributed by atoms with Crippen molar-refractivity contribution in [3.05, 3.63) is 89.2 Å². The predicted octanol–water partition coefficient (Wildman–Crippen LogP) is 6.04. The molecular formula is C26H20N4. The third-order valence-corrected chi connectivity index (χ3v) is 5.42. The van der Waals surface area contributed by atoms with E-state index in [4.69, 9.17) is 9.97 Å². The minimum absolute atomic E-state index is 0.608. The van der Waals surface area contributed by atoms with Crippen molar-refractivity contribution in [2.75, 3.05) is 0 Å². The van der Waals surface area contributed by atoms with Gasteiger partial charge in [0, 0.05) is 27.7 Å². The fraction of sp³-hybridized carbons (Fsp3) is 0.115. The van der Waals surface area contributed by atoms with Gasteiger partial charge in [-0.2, -0.15) is 5.26 Å². The molecule has 2 aromatic heterocycles. The lowest BCUT2D eigenvalue weighted by atomic mass is 10.1. The highest BCUT2D eigenvalue weighted by atomic mass is 15.0. The number of aromatic nitrogens is 3. The lowest BCUT2D eigenvalue weighted by Crippen LogP contribution is -2.02. The summed E-state index contributed by atoms with van der Waals surface area (Å²) in [5.74, 6) is 0.672. The normalized spacial score (nSPS) is 11.1. The molecule has 0 amide bonds. The zero-order valence-electron chi connectivity index (χ0n) is 17.1. The van der Waals surface area contributed by atoms with Crippen LogP contribution in [0.1, 0.15) is 22.5 Å². The van der Waals surface area contributed by atoms with Crippen molar-refractivity contribution >= 4 is 21.8 Å². The Morgan fingerprint density at radius 3 is 2.27 bits per heavy atom. The molecule has 0 radical (unpaired) electrons. The van der Waals surface area contributed by atoms with Gasteiger partial charge in [-0.25, -0.2) is 9.97 Å². The molecule has 0 aliphatic rings. The highest BCUT2D eigenvalue weighted by molar-refractivity contribution is 6.09. The summed E-state index contributed by atoms with van der Waals surface area (Å²) in [5, 5.41) is 12.0. The number of rotatable bonds is 2. The van der Waals surface area contributed by atoms with Crippen LogP contribution in [0, 0.1) is 32.1 Å². The molecule has 0 unspecified atom stereocenters. The van der Waals surface area contributed by atoms with Gasteiger partial charge in [0.25, 0.3) is 0 Å². The molecule has 3 aromatic carbocycles. The molecule has 0 bridgehead atoms. The highest BCUT2D eigenvalue weighted by Crippen LogP contribution is 2.36. The van der Waals surface area contributed by atoms with Crippen LogP contribution in [0.15, 0.2) is 66.7 Å². The lowest BCUT2D eigenvalue weighted by Gasteiger charge is -2.14. The Bertz CT molecular complexity index is 1460. The molecule has 0 saturated carbocycles. The first-order valence-corrected chi connectivity index (χ1v) is 9.92. The molecule has 5 aromatic rings. The van der Waals surface area contributed by atoms with E-state index in [0.717, 1.165) is 33.7 Å². The zero-order valence-corrected chi connectivity index (χ0v) is 17.1. The van der Waals surface area contributed by atoms with Gasteiger partial charge in [-0.3, -0.25) is 0 Å². The molecule has 4 nitrogen and oxygen atoms in total. The van der Waals surface area contributed by atoms with Crippen LogP contribution >= 0.6 is 0 Å². The van der Waals surface area contributed by atoms with E-state index in [2.05, 4.69) is 54.0 Å². The van der Waals surface area contributed by atoms with Crippen LogP contribution in [0.5, 0.6) is 0 Å². The summed E-state index contributed by atoms with van der Waals surface area (Å²) in [7, 11) is 0. The Kier molecular flexibility index (Phi) is 4.11. The van der Waals surface area contributed by atoms with Crippen LogP contribution in [0.3, 0.4) is 0 Å². The summed E-state index contributed by atoms with van der Waals surface area (Å²) >= 11 is 0. The summed E-state index contributed by atoms with van der Waals surface area (Å²) in [5.41, 5.74) is 7.66. The molecule has 0 spiro atoms. The molecule has 0 atom stereocenters. The van der Waals surface area contributed by atoms with Crippen molar-refractivity contribution < 1.29 is 0 Å². The Morgan fingerprint density at radius 2 is 1.50 bits per heavy atom. The Morgan fingerprint density at radius 1 is 0.767 bits per heavy atom. The monoisotopic (exact) mass is 388 g/mol. The van der Waals surface area contributed by atoms with Crippen molar-refractivity contribution in [1.82, 2.24) is 14.5 Å². The van der Waals surface area contributed by atoms with E-state index in [9.17, 15) is 5.26 Å². The molecule has 0 fully saturated rings. The fourth-order valence-electron chi connectivity index (χ4n) is 4.16. The third-order valence-electron chi connectivity index (χ3n) is 5.42. The minimum atomic E-state index is 0.608. The van der Waals surface area contributed by atoms with Crippen molar-refractivity contribution in [2.45, 2.75) is 20.8 Å². The third kappa shape index (κ3) is 2.84. The summed E-state index contributed by atoms with van der Waals surface area (Å²) in [4.78, 5) is 9.40. The van der Waals surface area contributed by atoms with Crippen molar-refractivity contribution in [3.8, 4) is 23.1 Å².